The minimum absolute atomic E-state index is 0.127. The largest absolute Gasteiger partial charge is 0.748 e. The number of halogens is 1. The van der Waals surface area contributed by atoms with E-state index >= 15 is 0 Å². The topological polar surface area (TPSA) is 66.0 Å². The van der Waals surface area contributed by atoms with Gasteiger partial charge in [0, 0.05) is 5.75 Å². The van der Waals surface area contributed by atoms with E-state index in [2.05, 4.69) is 24.0 Å². The highest BCUT2D eigenvalue weighted by molar-refractivity contribution is 7.85. The summed E-state index contributed by atoms with van der Waals surface area (Å²) in [4.78, 5) is 0. The number of hydrogen-bond donors (Lipinski definition) is 0. The Bertz CT molecular complexity index is 403. The Morgan fingerprint density at radius 1 is 1.41 bits per heavy atom. The lowest BCUT2D eigenvalue weighted by Gasteiger charge is -2.03. The Labute approximate surface area is 102 Å². The van der Waals surface area contributed by atoms with E-state index in [1.807, 2.05) is 17.8 Å². The molecule has 0 atom stereocenters. The molecule has 7 heteroatoms. The van der Waals surface area contributed by atoms with Crippen LogP contribution in [0.25, 0.3) is 0 Å². The molecule has 0 aliphatic rings. The van der Waals surface area contributed by atoms with Crippen LogP contribution >= 0.6 is 0 Å². The third-order valence-electron chi connectivity index (χ3n) is 1.97. The number of rotatable bonds is 5. The van der Waals surface area contributed by atoms with Gasteiger partial charge >= 0.3 is 0 Å². The molecule has 0 N–H and O–H groups in total. The normalized spacial score (nSPS) is 10.8. The van der Waals surface area contributed by atoms with E-state index in [0.717, 1.165) is 6.54 Å². The van der Waals surface area contributed by atoms with Crippen molar-refractivity contribution >= 4 is 10.1 Å². The SMILES string of the molecule is CCn1cc[n+](C)c1.O=S(=O)([O-])CCCCF. The van der Waals surface area contributed by atoms with Crippen LogP contribution in [0.2, 0.25) is 0 Å². The Morgan fingerprint density at radius 2 is 2.06 bits per heavy atom. The molecule has 0 aliphatic heterocycles. The number of nitrogens with zero attached hydrogens (tertiary/aromatic N) is 2. The average molecular weight is 266 g/mol. The van der Waals surface area contributed by atoms with Gasteiger partial charge in [-0.15, -0.1) is 0 Å². The Hall–Kier alpha value is -0.950. The molecular formula is C10H19FN2O3S. The fourth-order valence-corrected chi connectivity index (χ4v) is 1.62. The van der Waals surface area contributed by atoms with E-state index in [0.29, 0.717) is 0 Å². The molecule has 0 bridgehead atoms. The van der Waals surface area contributed by atoms with Crippen molar-refractivity contribution < 1.29 is 21.9 Å². The maximum Gasteiger partial charge on any atom is 0.243 e. The van der Waals surface area contributed by atoms with Gasteiger partial charge in [-0.2, -0.15) is 0 Å². The molecule has 0 saturated heterocycles. The smallest absolute Gasteiger partial charge is 0.243 e. The summed E-state index contributed by atoms with van der Waals surface area (Å²) < 4.78 is 44.9. The standard InChI is InChI=1S/C6H11N2.C4H9FO3S/c1-3-8-5-4-7(2)6-8;5-3-1-2-4-9(6,7)8/h4-6H,3H2,1-2H3;1-4H2,(H,6,7,8)/q+1;/p-1. The zero-order valence-corrected chi connectivity index (χ0v) is 11.0. The molecule has 0 spiro atoms. The Morgan fingerprint density at radius 3 is 2.35 bits per heavy atom. The molecule has 0 unspecified atom stereocenters. The van der Waals surface area contributed by atoms with Crippen molar-refractivity contribution in [3.8, 4) is 0 Å². The van der Waals surface area contributed by atoms with E-state index < -0.39 is 22.5 Å². The minimum Gasteiger partial charge on any atom is -0.748 e. The average Bonchev–Trinajstić information content (AvgIpc) is 2.64. The van der Waals surface area contributed by atoms with Crippen molar-refractivity contribution in [2.45, 2.75) is 26.3 Å². The van der Waals surface area contributed by atoms with Crippen molar-refractivity contribution in [1.29, 1.82) is 0 Å². The predicted molar refractivity (Wildman–Crippen MR) is 61.1 cm³/mol. The minimum atomic E-state index is -4.11. The van der Waals surface area contributed by atoms with Crippen molar-refractivity contribution in [3.05, 3.63) is 18.7 Å². The van der Waals surface area contributed by atoms with Gasteiger partial charge in [0.1, 0.15) is 12.4 Å². The first-order chi connectivity index (χ1) is 7.89. The maximum atomic E-state index is 11.3. The van der Waals surface area contributed by atoms with Gasteiger partial charge in [-0.25, -0.2) is 17.6 Å². The van der Waals surface area contributed by atoms with Gasteiger partial charge in [0.25, 0.3) is 0 Å². The summed E-state index contributed by atoms with van der Waals surface area (Å²) in [5, 5.41) is 0. The predicted octanol–water partition coefficient (Wildman–Crippen LogP) is 0.614. The van der Waals surface area contributed by atoms with Gasteiger partial charge < -0.3 is 4.55 Å². The molecule has 100 valence electrons. The monoisotopic (exact) mass is 266 g/mol. The zero-order chi connectivity index (χ0) is 13.3. The van der Waals surface area contributed by atoms with Crippen LogP contribution in [0, 0.1) is 0 Å². The fourth-order valence-electron chi connectivity index (χ4n) is 1.06. The van der Waals surface area contributed by atoms with Crippen LogP contribution in [0.3, 0.4) is 0 Å². The number of hydrogen-bond acceptors (Lipinski definition) is 3. The highest BCUT2D eigenvalue weighted by Gasteiger charge is 1.93. The third-order valence-corrected chi connectivity index (χ3v) is 2.76. The van der Waals surface area contributed by atoms with Crippen molar-refractivity contribution in [1.82, 2.24) is 4.57 Å². The van der Waals surface area contributed by atoms with Gasteiger partial charge in [0.15, 0.2) is 0 Å². The van der Waals surface area contributed by atoms with E-state index in [4.69, 9.17) is 0 Å². The molecule has 0 fully saturated rings. The lowest BCUT2D eigenvalue weighted by atomic mass is 10.4. The molecule has 1 heterocycles. The van der Waals surface area contributed by atoms with Gasteiger partial charge in [0.2, 0.25) is 6.33 Å². The fraction of sp³-hybridized carbons (Fsp3) is 0.700. The van der Waals surface area contributed by atoms with Crippen LogP contribution in [0.5, 0.6) is 0 Å². The molecule has 0 aliphatic carbocycles. The first kappa shape index (κ1) is 16.1. The first-order valence-corrected chi connectivity index (χ1v) is 6.97. The van der Waals surface area contributed by atoms with Crippen LogP contribution in [-0.2, 0) is 23.7 Å². The van der Waals surface area contributed by atoms with E-state index in [1.54, 1.807) is 0 Å². The van der Waals surface area contributed by atoms with Gasteiger partial charge in [-0.3, -0.25) is 4.39 Å². The second-order valence-corrected chi connectivity index (χ2v) is 5.09. The second kappa shape index (κ2) is 8.19. The van der Waals surface area contributed by atoms with Gasteiger partial charge in [0.05, 0.1) is 30.4 Å². The summed E-state index contributed by atoms with van der Waals surface area (Å²) in [7, 11) is -2.09. The molecule has 0 saturated carbocycles. The van der Waals surface area contributed by atoms with Crippen LogP contribution < -0.4 is 4.57 Å². The Kier molecular flexibility index (Phi) is 7.73. The molecule has 1 rings (SSSR count). The summed E-state index contributed by atoms with van der Waals surface area (Å²) in [6.07, 6.45) is 6.42. The van der Waals surface area contributed by atoms with Crippen molar-refractivity contribution in [2.24, 2.45) is 7.05 Å². The molecule has 0 radical (unpaired) electrons. The van der Waals surface area contributed by atoms with Crippen LogP contribution in [-0.4, -0.2) is 30.0 Å². The molecule has 1 aromatic heterocycles. The number of unbranched alkanes of at least 4 members (excludes halogenated alkanes) is 1. The van der Waals surface area contributed by atoms with Gasteiger partial charge in [-0.05, 0) is 19.8 Å². The quantitative estimate of drug-likeness (QED) is 0.445. The highest BCUT2D eigenvalue weighted by Crippen LogP contribution is 1.93. The number of aromatic nitrogens is 2. The summed E-state index contributed by atoms with van der Waals surface area (Å²) in [6, 6.07) is 0. The van der Waals surface area contributed by atoms with E-state index in [1.165, 1.54) is 0 Å². The number of imidazole rings is 1. The van der Waals surface area contributed by atoms with Crippen LogP contribution in [0.4, 0.5) is 4.39 Å². The summed E-state index contributed by atoms with van der Waals surface area (Å²) in [6.45, 7) is 2.62. The number of aryl methyl sites for hydroxylation is 2. The Balaban J connectivity index is 0.000000302. The summed E-state index contributed by atoms with van der Waals surface area (Å²) in [5.74, 6) is -0.448. The second-order valence-electron chi connectivity index (χ2n) is 3.57. The van der Waals surface area contributed by atoms with Crippen LogP contribution in [0.15, 0.2) is 18.7 Å². The summed E-state index contributed by atoms with van der Waals surface area (Å²) in [5.41, 5.74) is 0. The zero-order valence-electron chi connectivity index (χ0n) is 10.2. The van der Waals surface area contributed by atoms with Crippen molar-refractivity contribution in [2.75, 3.05) is 12.4 Å². The molecule has 1 aromatic rings. The lowest BCUT2D eigenvalue weighted by molar-refractivity contribution is -0.671. The van der Waals surface area contributed by atoms with Crippen LogP contribution in [0.1, 0.15) is 19.8 Å². The van der Waals surface area contributed by atoms with Gasteiger partial charge in [-0.1, -0.05) is 0 Å². The van der Waals surface area contributed by atoms with Crippen molar-refractivity contribution in [3.63, 3.8) is 0 Å². The third kappa shape index (κ3) is 9.95. The molecule has 17 heavy (non-hydrogen) atoms. The lowest BCUT2D eigenvalue weighted by Crippen LogP contribution is -2.23. The van der Waals surface area contributed by atoms with E-state index in [-0.39, 0.29) is 12.8 Å². The molecule has 0 amide bonds. The molecule has 5 nitrogen and oxygen atoms in total. The maximum absolute atomic E-state index is 11.3. The molecule has 0 aromatic carbocycles. The molecular weight excluding hydrogens is 247 g/mol. The highest BCUT2D eigenvalue weighted by atomic mass is 32.2. The van der Waals surface area contributed by atoms with E-state index in [9.17, 15) is 17.4 Å². The number of alkyl halides is 1. The first-order valence-electron chi connectivity index (χ1n) is 5.39. The summed E-state index contributed by atoms with van der Waals surface area (Å²) >= 11 is 0.